The number of benzene rings is 1. The highest BCUT2D eigenvalue weighted by molar-refractivity contribution is 7.87. The van der Waals surface area contributed by atoms with Gasteiger partial charge >= 0.3 is 11.7 Å². The van der Waals surface area contributed by atoms with Crippen molar-refractivity contribution in [2.75, 3.05) is 0 Å². The minimum Gasteiger partial charge on any atom is -0.0619 e. The molecule has 3 heteroatoms. The van der Waals surface area contributed by atoms with Gasteiger partial charge in [-0.15, -0.1) is 0 Å². The molecule has 0 unspecified atom stereocenters. The average Bonchev–Trinajstić information content (AvgIpc) is 1.90. The highest BCUT2D eigenvalue weighted by Crippen LogP contribution is 2.14. The quantitative estimate of drug-likeness (QED) is 0.535. The molecule has 9 heavy (non-hydrogen) atoms. The van der Waals surface area contributed by atoms with Crippen molar-refractivity contribution in [1.82, 2.24) is 0 Å². The third kappa shape index (κ3) is 1.68. The fourth-order valence-electron chi connectivity index (χ4n) is 0.523. The topological polar surface area (TPSA) is 0 Å². The van der Waals surface area contributed by atoms with Crippen molar-refractivity contribution in [3.63, 3.8) is 0 Å². The van der Waals surface area contributed by atoms with Crippen LogP contribution in [-0.2, 0) is 11.7 Å². The predicted molar refractivity (Wildman–Crippen MR) is 34.3 cm³/mol. The van der Waals surface area contributed by atoms with E-state index in [1.807, 2.05) is 0 Å². The first-order valence-corrected chi connectivity index (χ1v) is 3.45. The van der Waals surface area contributed by atoms with Gasteiger partial charge in [0.05, 0.1) is 7.77 Å². The minimum atomic E-state index is -2.58. The summed E-state index contributed by atoms with van der Waals surface area (Å²) >= 11 is -2.58. The maximum atomic E-state index is 11.8. The van der Waals surface area contributed by atoms with Crippen LogP contribution in [0.4, 0.5) is 7.77 Å². The van der Waals surface area contributed by atoms with Crippen LogP contribution in [0.5, 0.6) is 0 Å². The van der Waals surface area contributed by atoms with Gasteiger partial charge in [-0.05, 0) is 0 Å². The van der Waals surface area contributed by atoms with Crippen LogP contribution in [0.2, 0.25) is 0 Å². The second-order valence-electron chi connectivity index (χ2n) is 1.53. The summed E-state index contributed by atoms with van der Waals surface area (Å²) < 4.78 is 23.6. The monoisotopic (exact) mass is 147 g/mol. The Kier molecular flexibility index (Phi) is 2.05. The Balaban J connectivity index is 2.85. The van der Waals surface area contributed by atoms with Crippen molar-refractivity contribution in [2.45, 2.75) is 4.90 Å². The molecular weight excluding hydrogens is 142 g/mol. The molecule has 0 aliphatic carbocycles. The van der Waals surface area contributed by atoms with Crippen LogP contribution in [0.3, 0.4) is 0 Å². The van der Waals surface area contributed by atoms with E-state index in [-0.39, 0.29) is 4.90 Å². The van der Waals surface area contributed by atoms with Gasteiger partial charge in [0.15, 0.2) is 0 Å². The van der Waals surface area contributed by atoms with E-state index in [1.54, 1.807) is 18.2 Å². The summed E-state index contributed by atoms with van der Waals surface area (Å²) in [6.07, 6.45) is 0. The number of rotatable bonds is 1. The third-order valence-corrected chi connectivity index (χ3v) is 1.55. The average molecular weight is 147 g/mol. The summed E-state index contributed by atoms with van der Waals surface area (Å²) in [5, 5.41) is 0. The molecule has 0 amide bonds. The Morgan fingerprint density at radius 2 is 1.56 bits per heavy atom. The molecule has 0 heterocycles. The minimum absolute atomic E-state index is 0.109. The van der Waals surface area contributed by atoms with Gasteiger partial charge in [-0.25, -0.2) is 0 Å². The molecule has 0 spiro atoms. The lowest BCUT2D eigenvalue weighted by molar-refractivity contribution is 0.767. The second kappa shape index (κ2) is 2.82. The fourth-order valence-corrected chi connectivity index (χ4v) is 0.886. The molecule has 0 radical (unpaired) electrons. The van der Waals surface area contributed by atoms with Crippen LogP contribution < -0.4 is 0 Å². The number of hydrogen-bond acceptors (Lipinski definition) is 0. The van der Waals surface area contributed by atoms with Crippen LogP contribution in [0.15, 0.2) is 35.2 Å². The van der Waals surface area contributed by atoms with E-state index in [0.717, 1.165) is 0 Å². The third-order valence-electron chi connectivity index (χ3n) is 0.921. The summed E-state index contributed by atoms with van der Waals surface area (Å²) in [6.45, 7) is 0. The van der Waals surface area contributed by atoms with E-state index < -0.39 is 11.7 Å². The number of halogens is 2. The van der Waals surface area contributed by atoms with Gasteiger partial charge in [-0.2, -0.15) is 0 Å². The van der Waals surface area contributed by atoms with Crippen molar-refractivity contribution >= 4 is 11.7 Å². The largest absolute Gasteiger partial charge is 0.463 e. The molecule has 1 rings (SSSR count). The van der Waals surface area contributed by atoms with Gasteiger partial charge in [0, 0.05) is 12.1 Å². The molecule has 0 aliphatic heterocycles. The first kappa shape index (κ1) is 6.55. The molecule has 0 saturated carbocycles. The Hall–Kier alpha value is -0.570. The van der Waals surface area contributed by atoms with Gasteiger partial charge in [-0.3, -0.25) is 0 Å². The van der Waals surface area contributed by atoms with Crippen molar-refractivity contribution in [2.24, 2.45) is 0 Å². The molecule has 1 aromatic rings. The van der Waals surface area contributed by atoms with E-state index in [2.05, 4.69) is 0 Å². The SMILES string of the molecule is F[S+](F)c1ccccc1. The molecule has 1 aromatic carbocycles. The maximum absolute atomic E-state index is 11.8. The zero-order chi connectivity index (χ0) is 6.69. The van der Waals surface area contributed by atoms with E-state index in [1.165, 1.54) is 12.1 Å². The summed E-state index contributed by atoms with van der Waals surface area (Å²) in [6, 6.07) is 7.77. The van der Waals surface area contributed by atoms with E-state index in [4.69, 9.17) is 0 Å². The normalized spacial score (nSPS) is 10.1. The lowest BCUT2D eigenvalue weighted by atomic mass is 10.4. The molecule has 0 nitrogen and oxygen atoms in total. The summed E-state index contributed by atoms with van der Waals surface area (Å²) in [4.78, 5) is 0.109. The van der Waals surface area contributed by atoms with Crippen molar-refractivity contribution in [3.05, 3.63) is 30.3 Å². The Bertz CT molecular complexity index is 174. The molecule has 0 saturated heterocycles. The Morgan fingerprint density at radius 3 is 1.89 bits per heavy atom. The molecule has 0 atom stereocenters. The molecule has 48 valence electrons. The standard InChI is InChI=1S/C6H5F2S/c7-9(8)6-4-2-1-3-5-6/h1-5H/q+1. The summed E-state index contributed by atoms with van der Waals surface area (Å²) in [5.41, 5.74) is 0. The van der Waals surface area contributed by atoms with Crippen molar-refractivity contribution < 1.29 is 7.77 Å². The van der Waals surface area contributed by atoms with Crippen molar-refractivity contribution in [1.29, 1.82) is 0 Å². The molecule has 0 N–H and O–H groups in total. The summed E-state index contributed by atoms with van der Waals surface area (Å²) in [5.74, 6) is 0. The van der Waals surface area contributed by atoms with Crippen molar-refractivity contribution in [3.8, 4) is 0 Å². The zero-order valence-electron chi connectivity index (χ0n) is 4.55. The molecule has 0 bridgehead atoms. The van der Waals surface area contributed by atoms with Crippen LogP contribution in [0, 0.1) is 0 Å². The van der Waals surface area contributed by atoms with Gasteiger partial charge in [0.25, 0.3) is 0 Å². The predicted octanol–water partition coefficient (Wildman–Crippen LogP) is 2.43. The van der Waals surface area contributed by atoms with Gasteiger partial charge < -0.3 is 0 Å². The highest BCUT2D eigenvalue weighted by atomic mass is 32.3. The Labute approximate surface area is 55.4 Å². The highest BCUT2D eigenvalue weighted by Gasteiger charge is 2.21. The van der Waals surface area contributed by atoms with Crippen LogP contribution >= 0.6 is 0 Å². The molecular formula is C6H5F2S+. The van der Waals surface area contributed by atoms with Gasteiger partial charge in [-0.1, -0.05) is 18.2 Å². The van der Waals surface area contributed by atoms with Gasteiger partial charge in [0.1, 0.15) is 0 Å². The van der Waals surface area contributed by atoms with E-state index >= 15 is 0 Å². The second-order valence-corrected chi connectivity index (χ2v) is 2.42. The van der Waals surface area contributed by atoms with Crippen LogP contribution in [-0.4, -0.2) is 0 Å². The molecule has 0 aromatic heterocycles. The molecule has 0 aliphatic rings. The van der Waals surface area contributed by atoms with E-state index in [9.17, 15) is 7.77 Å². The summed E-state index contributed by atoms with van der Waals surface area (Å²) in [7, 11) is 0. The Morgan fingerprint density at radius 1 is 1.00 bits per heavy atom. The maximum Gasteiger partial charge on any atom is 0.463 e. The van der Waals surface area contributed by atoms with Crippen LogP contribution in [0.25, 0.3) is 0 Å². The smallest absolute Gasteiger partial charge is 0.0619 e. The zero-order valence-corrected chi connectivity index (χ0v) is 5.37. The lowest BCUT2D eigenvalue weighted by Gasteiger charge is -1.80. The lowest BCUT2D eigenvalue weighted by Crippen LogP contribution is -1.81. The fraction of sp³-hybridized carbons (Fsp3) is 0. The number of hydrogen-bond donors (Lipinski definition) is 0. The first-order valence-electron chi connectivity index (χ1n) is 2.42. The molecule has 0 fully saturated rings. The van der Waals surface area contributed by atoms with Crippen LogP contribution in [0.1, 0.15) is 0 Å². The van der Waals surface area contributed by atoms with E-state index in [0.29, 0.717) is 0 Å². The first-order chi connectivity index (χ1) is 4.30. The van der Waals surface area contributed by atoms with Gasteiger partial charge in [0.2, 0.25) is 4.90 Å².